The van der Waals surface area contributed by atoms with Gasteiger partial charge in [0.25, 0.3) is 0 Å². The Labute approximate surface area is 99.8 Å². The van der Waals surface area contributed by atoms with Gasteiger partial charge in [-0.15, -0.1) is 0 Å². The van der Waals surface area contributed by atoms with E-state index >= 15 is 0 Å². The Bertz CT molecular complexity index is 158. The Morgan fingerprint density at radius 2 is 2.06 bits per heavy atom. The van der Waals surface area contributed by atoms with Crippen LogP contribution < -0.4 is 0 Å². The van der Waals surface area contributed by atoms with E-state index in [1.807, 2.05) is 0 Å². The molecule has 16 heavy (non-hydrogen) atoms. The Balaban J connectivity index is 1.95. The lowest BCUT2D eigenvalue weighted by molar-refractivity contribution is 0.0419. The van der Waals surface area contributed by atoms with Gasteiger partial charge >= 0.3 is 0 Å². The second-order valence-electron chi connectivity index (χ2n) is 4.98. The van der Waals surface area contributed by atoms with Gasteiger partial charge in [0.1, 0.15) is 0 Å². The standard InChI is InChI=1S/C13H27NO2/c1-14(8-4-2-3-5-9-15)11-13-7-6-10-16-12-13/h13,15H,2-12H2,1H3. The van der Waals surface area contributed by atoms with E-state index < -0.39 is 0 Å². The number of ether oxygens (including phenoxy) is 1. The molecule has 96 valence electrons. The van der Waals surface area contributed by atoms with Crippen LogP contribution >= 0.6 is 0 Å². The molecule has 0 bridgehead atoms. The second kappa shape index (κ2) is 8.97. The Kier molecular flexibility index (Phi) is 7.81. The summed E-state index contributed by atoms with van der Waals surface area (Å²) >= 11 is 0. The van der Waals surface area contributed by atoms with Crippen molar-refractivity contribution in [2.24, 2.45) is 5.92 Å². The fourth-order valence-corrected chi connectivity index (χ4v) is 2.33. The van der Waals surface area contributed by atoms with E-state index in [4.69, 9.17) is 9.84 Å². The van der Waals surface area contributed by atoms with E-state index in [-0.39, 0.29) is 0 Å². The van der Waals surface area contributed by atoms with E-state index in [1.165, 1.54) is 38.8 Å². The highest BCUT2D eigenvalue weighted by Crippen LogP contribution is 2.14. The van der Waals surface area contributed by atoms with E-state index in [9.17, 15) is 0 Å². The maximum Gasteiger partial charge on any atom is 0.0506 e. The minimum absolute atomic E-state index is 0.343. The minimum atomic E-state index is 0.343. The number of rotatable bonds is 8. The number of hydrogen-bond acceptors (Lipinski definition) is 3. The molecule has 0 aromatic rings. The van der Waals surface area contributed by atoms with Crippen LogP contribution in [-0.2, 0) is 4.74 Å². The van der Waals surface area contributed by atoms with Crippen LogP contribution in [0.15, 0.2) is 0 Å². The maximum absolute atomic E-state index is 8.67. The van der Waals surface area contributed by atoms with Crippen LogP contribution in [0.2, 0.25) is 0 Å². The largest absolute Gasteiger partial charge is 0.396 e. The van der Waals surface area contributed by atoms with Crippen LogP contribution in [0.1, 0.15) is 38.5 Å². The topological polar surface area (TPSA) is 32.7 Å². The molecule has 0 saturated carbocycles. The summed E-state index contributed by atoms with van der Waals surface area (Å²) in [6, 6.07) is 0. The zero-order chi connectivity index (χ0) is 11.6. The van der Waals surface area contributed by atoms with Crippen molar-refractivity contribution in [2.75, 3.05) is 40.0 Å². The highest BCUT2D eigenvalue weighted by molar-refractivity contribution is 4.67. The van der Waals surface area contributed by atoms with Gasteiger partial charge in [0.2, 0.25) is 0 Å². The van der Waals surface area contributed by atoms with Gasteiger partial charge < -0.3 is 14.7 Å². The SMILES string of the molecule is CN(CCCCCCO)CC1CCCOC1. The molecular formula is C13H27NO2. The van der Waals surface area contributed by atoms with Crippen LogP contribution in [0.3, 0.4) is 0 Å². The van der Waals surface area contributed by atoms with Gasteiger partial charge in [-0.05, 0) is 45.2 Å². The van der Waals surface area contributed by atoms with Crippen molar-refractivity contribution in [3.63, 3.8) is 0 Å². The quantitative estimate of drug-likeness (QED) is 0.645. The van der Waals surface area contributed by atoms with Crippen molar-refractivity contribution in [3.8, 4) is 0 Å². The lowest BCUT2D eigenvalue weighted by atomic mass is 10.0. The highest BCUT2D eigenvalue weighted by Gasteiger charge is 2.15. The average molecular weight is 229 g/mol. The average Bonchev–Trinajstić information content (AvgIpc) is 2.30. The fourth-order valence-electron chi connectivity index (χ4n) is 2.33. The summed E-state index contributed by atoms with van der Waals surface area (Å²) in [6.07, 6.45) is 7.18. The molecule has 1 N–H and O–H groups in total. The van der Waals surface area contributed by atoms with Gasteiger partial charge in [-0.3, -0.25) is 0 Å². The predicted octanol–water partition coefficient (Wildman–Crippen LogP) is 1.90. The molecule has 0 aromatic carbocycles. The molecular weight excluding hydrogens is 202 g/mol. The first-order valence-electron chi connectivity index (χ1n) is 6.70. The molecule has 1 aliphatic heterocycles. The number of unbranched alkanes of at least 4 members (excludes halogenated alkanes) is 3. The summed E-state index contributed by atoms with van der Waals surface area (Å²) in [7, 11) is 2.21. The van der Waals surface area contributed by atoms with E-state index in [0.717, 1.165) is 32.0 Å². The number of aliphatic hydroxyl groups excluding tert-OH is 1. The number of nitrogens with zero attached hydrogens (tertiary/aromatic N) is 1. The van der Waals surface area contributed by atoms with Crippen molar-refractivity contribution >= 4 is 0 Å². The van der Waals surface area contributed by atoms with E-state index in [0.29, 0.717) is 6.61 Å². The zero-order valence-corrected chi connectivity index (χ0v) is 10.7. The summed E-state index contributed by atoms with van der Waals surface area (Å²) in [5.41, 5.74) is 0. The molecule has 1 saturated heterocycles. The van der Waals surface area contributed by atoms with Crippen molar-refractivity contribution in [3.05, 3.63) is 0 Å². The molecule has 0 spiro atoms. The van der Waals surface area contributed by atoms with Gasteiger partial charge in [0.15, 0.2) is 0 Å². The molecule has 1 unspecified atom stereocenters. The molecule has 0 radical (unpaired) electrons. The van der Waals surface area contributed by atoms with Gasteiger partial charge in [-0.25, -0.2) is 0 Å². The summed E-state index contributed by atoms with van der Waals surface area (Å²) in [5, 5.41) is 8.67. The molecule has 1 aliphatic rings. The lowest BCUT2D eigenvalue weighted by Gasteiger charge is -2.27. The van der Waals surface area contributed by atoms with Gasteiger partial charge in [0, 0.05) is 19.8 Å². The molecule has 1 rings (SSSR count). The van der Waals surface area contributed by atoms with E-state index in [2.05, 4.69) is 11.9 Å². The van der Waals surface area contributed by atoms with E-state index in [1.54, 1.807) is 0 Å². The molecule has 1 atom stereocenters. The minimum Gasteiger partial charge on any atom is -0.396 e. The van der Waals surface area contributed by atoms with Crippen LogP contribution in [0.25, 0.3) is 0 Å². The van der Waals surface area contributed by atoms with Gasteiger partial charge in [-0.2, -0.15) is 0 Å². The molecule has 3 heteroatoms. The van der Waals surface area contributed by atoms with Crippen LogP contribution in [0.5, 0.6) is 0 Å². The lowest BCUT2D eigenvalue weighted by Crippen LogP contribution is -2.31. The van der Waals surface area contributed by atoms with Crippen LogP contribution in [0, 0.1) is 5.92 Å². The molecule has 0 aliphatic carbocycles. The normalized spacial score (nSPS) is 21.6. The van der Waals surface area contributed by atoms with Gasteiger partial charge in [0.05, 0.1) is 6.61 Å². The maximum atomic E-state index is 8.67. The number of hydrogen-bond donors (Lipinski definition) is 1. The Morgan fingerprint density at radius 3 is 2.75 bits per heavy atom. The van der Waals surface area contributed by atoms with Crippen molar-refractivity contribution in [1.29, 1.82) is 0 Å². The summed E-state index contributed by atoms with van der Waals surface area (Å²) in [5.74, 6) is 0.746. The summed E-state index contributed by atoms with van der Waals surface area (Å²) in [6.45, 7) is 4.62. The Hall–Kier alpha value is -0.120. The first-order chi connectivity index (χ1) is 7.83. The monoisotopic (exact) mass is 229 g/mol. The molecule has 3 nitrogen and oxygen atoms in total. The third-order valence-electron chi connectivity index (χ3n) is 3.27. The second-order valence-corrected chi connectivity index (χ2v) is 4.98. The van der Waals surface area contributed by atoms with Gasteiger partial charge in [-0.1, -0.05) is 12.8 Å². The Morgan fingerprint density at radius 1 is 1.25 bits per heavy atom. The number of aliphatic hydroxyl groups is 1. The summed E-state index contributed by atoms with van der Waals surface area (Å²) in [4.78, 5) is 2.43. The molecule has 0 amide bonds. The zero-order valence-electron chi connectivity index (χ0n) is 10.7. The smallest absolute Gasteiger partial charge is 0.0506 e. The fraction of sp³-hybridized carbons (Fsp3) is 1.00. The third kappa shape index (κ3) is 6.46. The first kappa shape index (κ1) is 13.9. The van der Waals surface area contributed by atoms with Crippen molar-refractivity contribution < 1.29 is 9.84 Å². The first-order valence-corrected chi connectivity index (χ1v) is 6.70. The summed E-state index contributed by atoms with van der Waals surface area (Å²) < 4.78 is 5.49. The van der Waals surface area contributed by atoms with Crippen LogP contribution in [0.4, 0.5) is 0 Å². The molecule has 1 fully saturated rings. The third-order valence-corrected chi connectivity index (χ3v) is 3.27. The highest BCUT2D eigenvalue weighted by atomic mass is 16.5. The molecule has 1 heterocycles. The van der Waals surface area contributed by atoms with Crippen molar-refractivity contribution in [2.45, 2.75) is 38.5 Å². The molecule has 0 aromatic heterocycles. The van der Waals surface area contributed by atoms with Crippen LogP contribution in [-0.4, -0.2) is 50.0 Å². The van der Waals surface area contributed by atoms with Crippen molar-refractivity contribution in [1.82, 2.24) is 4.90 Å². The predicted molar refractivity (Wildman–Crippen MR) is 66.6 cm³/mol.